The molecule has 0 aliphatic carbocycles. The summed E-state index contributed by atoms with van der Waals surface area (Å²) in [7, 11) is -11.1. The average Bonchev–Trinajstić information content (AvgIpc) is 2.68. The zero-order valence-corrected chi connectivity index (χ0v) is 10.6. The van der Waals surface area contributed by atoms with Crippen LogP contribution in [0.25, 0.3) is 5.53 Å². The summed E-state index contributed by atoms with van der Waals surface area (Å²) in [4.78, 5) is 0. The lowest BCUT2D eigenvalue weighted by atomic mass is 10.7. The first kappa shape index (κ1) is 15.0. The molecule has 0 amide bonds. The molecule has 1 atom stereocenters. The van der Waals surface area contributed by atoms with Crippen molar-refractivity contribution < 1.29 is 30.0 Å². The molecule has 0 N–H and O–H groups in total. The minimum Gasteiger partial charge on any atom is -0.710 e. The van der Waals surface area contributed by atoms with Gasteiger partial charge in [-0.2, -0.15) is 13.2 Å². The van der Waals surface area contributed by atoms with Crippen LogP contribution in [0, 0.1) is 0 Å². The summed E-state index contributed by atoms with van der Waals surface area (Å²) in [6.45, 7) is 0. The first-order valence-electron chi connectivity index (χ1n) is 3.97. The summed E-state index contributed by atoms with van der Waals surface area (Å²) < 4.78 is 77.8. The van der Waals surface area contributed by atoms with Gasteiger partial charge < -0.3 is 10.6 Å². The molecule has 0 bridgehead atoms. The topological polar surface area (TPSA) is 103 Å². The van der Waals surface area contributed by atoms with Gasteiger partial charge in [0.25, 0.3) is 9.84 Å². The van der Waals surface area contributed by atoms with Crippen molar-refractivity contribution in [3.05, 3.63) is 23.0 Å². The van der Waals surface area contributed by atoms with Crippen molar-refractivity contribution in [1.29, 1.82) is 0 Å². The number of nitrogens with zero attached hydrogens (tertiary/aromatic N) is 2. The van der Waals surface area contributed by atoms with E-state index < -0.39 is 34.1 Å². The van der Waals surface area contributed by atoms with Crippen molar-refractivity contribution in [2.45, 2.75) is 14.4 Å². The summed E-state index contributed by atoms with van der Waals surface area (Å²) in [5.41, 5.74) is 2.49. The maximum absolute atomic E-state index is 12.2. The molecule has 102 valence electrons. The number of thiophene rings is 1. The lowest BCUT2D eigenvalue weighted by Gasteiger charge is -2.17. The third-order valence-electron chi connectivity index (χ3n) is 1.72. The summed E-state index contributed by atoms with van der Waals surface area (Å²) in [6, 6.07) is 2.11. The van der Waals surface area contributed by atoms with Gasteiger partial charge in [-0.25, -0.2) is 16.8 Å². The Morgan fingerprint density at radius 1 is 1.28 bits per heavy atom. The molecular formula is C6H4F3N2O4S3-. The van der Waals surface area contributed by atoms with Crippen LogP contribution in [-0.2, 0) is 19.7 Å². The molecule has 0 saturated carbocycles. The van der Waals surface area contributed by atoms with Crippen LogP contribution >= 0.6 is 11.3 Å². The number of halogens is 3. The van der Waals surface area contributed by atoms with Gasteiger partial charge in [-0.15, -0.1) is 11.3 Å². The van der Waals surface area contributed by atoms with E-state index in [4.69, 9.17) is 5.53 Å². The minimum absolute atomic E-state index is 0.509. The standard InChI is InChI=1S/C6H4F3N2O4S3/c7-6(8,9)18(14,15)5(11-10)17(12,13)4-2-1-3-16-4/h1-3,5H/q-1. The predicted octanol–water partition coefficient (Wildman–Crippen LogP) is 1.76. The zero-order valence-electron chi connectivity index (χ0n) is 8.20. The van der Waals surface area contributed by atoms with Crippen molar-refractivity contribution in [3.63, 3.8) is 0 Å². The van der Waals surface area contributed by atoms with Gasteiger partial charge in [0.2, 0.25) is 14.5 Å². The first-order valence-corrected chi connectivity index (χ1v) is 7.94. The normalized spacial score (nSPS) is 15.3. The van der Waals surface area contributed by atoms with Crippen LogP contribution in [0.5, 0.6) is 0 Å². The smallest absolute Gasteiger partial charge is 0.500 e. The maximum atomic E-state index is 12.2. The van der Waals surface area contributed by atoms with Crippen molar-refractivity contribution in [2.75, 3.05) is 0 Å². The molecule has 0 aliphatic heterocycles. The highest BCUT2D eigenvalue weighted by atomic mass is 32.3. The van der Waals surface area contributed by atoms with Crippen LogP contribution in [0.3, 0.4) is 0 Å². The molecule has 6 nitrogen and oxygen atoms in total. The Morgan fingerprint density at radius 3 is 2.17 bits per heavy atom. The lowest BCUT2D eigenvalue weighted by molar-refractivity contribution is -0.0438. The van der Waals surface area contributed by atoms with Crippen LogP contribution in [0.2, 0.25) is 0 Å². The van der Waals surface area contributed by atoms with Gasteiger partial charge in [0, 0.05) is 0 Å². The lowest BCUT2D eigenvalue weighted by Crippen LogP contribution is -2.37. The van der Waals surface area contributed by atoms with E-state index in [1.807, 2.05) is 5.11 Å². The molecule has 1 aromatic rings. The van der Waals surface area contributed by atoms with Gasteiger partial charge in [-0.05, 0) is 11.4 Å². The average molecular weight is 321 g/mol. The Bertz CT molecular complexity index is 632. The quantitative estimate of drug-likeness (QED) is 0.788. The molecule has 12 heteroatoms. The molecule has 0 fully saturated rings. The van der Waals surface area contributed by atoms with Crippen LogP contribution in [0.1, 0.15) is 0 Å². The fraction of sp³-hybridized carbons (Fsp3) is 0.333. The number of sulfone groups is 2. The maximum Gasteiger partial charge on any atom is 0.500 e. The van der Waals surface area contributed by atoms with Gasteiger partial charge in [0.1, 0.15) is 4.21 Å². The molecular weight excluding hydrogens is 317 g/mol. The van der Waals surface area contributed by atoms with Gasteiger partial charge in [0.05, 0.1) is 0 Å². The van der Waals surface area contributed by atoms with Gasteiger partial charge in [-0.1, -0.05) is 6.07 Å². The Hall–Kier alpha value is -1.01. The highest BCUT2D eigenvalue weighted by Gasteiger charge is 2.55. The molecule has 1 rings (SSSR count). The monoisotopic (exact) mass is 321 g/mol. The largest absolute Gasteiger partial charge is 0.710 e. The molecule has 0 saturated heterocycles. The third kappa shape index (κ3) is 2.40. The van der Waals surface area contributed by atoms with Gasteiger partial charge >= 0.3 is 5.51 Å². The van der Waals surface area contributed by atoms with Crippen molar-refractivity contribution in [1.82, 2.24) is 0 Å². The molecule has 1 aromatic heterocycles. The van der Waals surface area contributed by atoms with Gasteiger partial charge in [-0.3, -0.25) is 0 Å². The Labute approximate surface area is 104 Å². The predicted molar refractivity (Wildman–Crippen MR) is 56.1 cm³/mol. The SMILES string of the molecule is [N-]=NC(S(=O)(=O)c1cccs1)S(=O)(=O)C(F)(F)F. The van der Waals surface area contributed by atoms with Crippen LogP contribution in [0.15, 0.2) is 26.8 Å². The first-order chi connectivity index (χ1) is 8.05. The number of alkyl halides is 3. The fourth-order valence-corrected chi connectivity index (χ4v) is 5.45. The second kappa shape index (κ2) is 4.59. The van der Waals surface area contributed by atoms with E-state index in [1.165, 1.54) is 11.4 Å². The summed E-state index contributed by atoms with van der Waals surface area (Å²) in [5, 5.41) is 3.09. The summed E-state index contributed by atoms with van der Waals surface area (Å²) >= 11 is 0.509. The molecule has 1 heterocycles. The number of hydrogen-bond acceptors (Lipinski definition) is 6. The molecule has 1 unspecified atom stereocenters. The fourth-order valence-electron chi connectivity index (χ4n) is 0.930. The number of rotatable bonds is 4. The summed E-state index contributed by atoms with van der Waals surface area (Å²) in [6.07, 6.45) is 0. The van der Waals surface area contributed by atoms with E-state index in [-0.39, 0.29) is 0 Å². The summed E-state index contributed by atoms with van der Waals surface area (Å²) in [5.74, 6) is 0. The van der Waals surface area contributed by atoms with E-state index in [0.717, 1.165) is 6.07 Å². The van der Waals surface area contributed by atoms with E-state index in [1.54, 1.807) is 0 Å². The highest BCUT2D eigenvalue weighted by molar-refractivity contribution is 8.10. The second-order valence-corrected chi connectivity index (χ2v) is 8.37. The van der Waals surface area contributed by atoms with Crippen molar-refractivity contribution in [2.24, 2.45) is 5.11 Å². The van der Waals surface area contributed by atoms with E-state index >= 15 is 0 Å². The van der Waals surface area contributed by atoms with Crippen molar-refractivity contribution >= 4 is 31.0 Å². The highest BCUT2D eigenvalue weighted by Crippen LogP contribution is 2.34. The molecule has 0 aliphatic rings. The van der Waals surface area contributed by atoms with E-state index in [9.17, 15) is 30.0 Å². The van der Waals surface area contributed by atoms with E-state index in [2.05, 4.69) is 0 Å². The van der Waals surface area contributed by atoms with Crippen LogP contribution in [-0.4, -0.2) is 27.0 Å². The Morgan fingerprint density at radius 2 is 1.83 bits per heavy atom. The molecule has 0 spiro atoms. The minimum atomic E-state index is -6.17. The zero-order chi connectivity index (χ0) is 14.2. The third-order valence-corrected chi connectivity index (χ3v) is 7.48. The van der Waals surface area contributed by atoms with Crippen LogP contribution < -0.4 is 0 Å². The molecule has 0 aromatic carbocycles. The molecule has 0 radical (unpaired) electrons. The van der Waals surface area contributed by atoms with Crippen LogP contribution in [0.4, 0.5) is 13.2 Å². The van der Waals surface area contributed by atoms with Gasteiger partial charge in [0.15, 0.2) is 0 Å². The second-order valence-electron chi connectivity index (χ2n) is 2.89. The Balaban J connectivity index is 3.43. The van der Waals surface area contributed by atoms with Crippen molar-refractivity contribution in [3.8, 4) is 0 Å². The number of hydrogen-bond donors (Lipinski definition) is 0. The molecule has 18 heavy (non-hydrogen) atoms. The van der Waals surface area contributed by atoms with E-state index in [0.29, 0.717) is 11.3 Å². The Kier molecular flexibility index (Phi) is 3.83.